The zero-order chi connectivity index (χ0) is 24.5. The van der Waals surface area contributed by atoms with E-state index in [9.17, 15) is 14.0 Å². The number of para-hydroxylation sites is 2. The van der Waals surface area contributed by atoms with Crippen molar-refractivity contribution in [3.63, 3.8) is 0 Å². The zero-order valence-corrected chi connectivity index (χ0v) is 19.9. The van der Waals surface area contributed by atoms with Gasteiger partial charge in [0.2, 0.25) is 11.7 Å². The fourth-order valence-electron chi connectivity index (χ4n) is 4.05. The molecular formula is C26H22FN5O2S. The monoisotopic (exact) mass is 487 g/mol. The molecule has 0 saturated heterocycles. The molecule has 0 aliphatic heterocycles. The molecule has 0 aliphatic carbocycles. The number of aromatic nitrogens is 4. The molecule has 0 aliphatic rings. The second-order valence-electron chi connectivity index (χ2n) is 8.19. The third-order valence-corrected chi connectivity index (χ3v) is 6.76. The minimum atomic E-state index is -0.321. The van der Waals surface area contributed by atoms with E-state index in [1.807, 2.05) is 60.7 Å². The van der Waals surface area contributed by atoms with Crippen LogP contribution in [0.15, 0.2) is 82.7 Å². The Morgan fingerprint density at radius 1 is 1.03 bits per heavy atom. The van der Waals surface area contributed by atoms with Gasteiger partial charge in [-0.2, -0.15) is 0 Å². The molecule has 7 nitrogen and oxygen atoms in total. The van der Waals surface area contributed by atoms with E-state index in [0.29, 0.717) is 21.8 Å². The van der Waals surface area contributed by atoms with Gasteiger partial charge in [0.15, 0.2) is 5.16 Å². The van der Waals surface area contributed by atoms with E-state index in [0.717, 1.165) is 16.8 Å². The maximum absolute atomic E-state index is 13.4. The quantitative estimate of drug-likeness (QED) is 0.358. The number of hydrogen-bond donors (Lipinski definition) is 1. The van der Waals surface area contributed by atoms with E-state index in [1.54, 1.807) is 22.8 Å². The van der Waals surface area contributed by atoms with Crippen LogP contribution in [-0.2, 0) is 4.79 Å². The summed E-state index contributed by atoms with van der Waals surface area (Å²) in [6.45, 7) is 3.78. The van der Waals surface area contributed by atoms with Crippen LogP contribution in [0.3, 0.4) is 0 Å². The van der Waals surface area contributed by atoms with Crippen molar-refractivity contribution in [2.24, 2.45) is 0 Å². The number of aryl methyl sites for hydroxylation is 1. The molecule has 1 unspecified atom stereocenters. The summed E-state index contributed by atoms with van der Waals surface area (Å²) in [6.07, 6.45) is 0. The van der Waals surface area contributed by atoms with Gasteiger partial charge in [0.1, 0.15) is 5.82 Å². The van der Waals surface area contributed by atoms with E-state index in [1.165, 1.54) is 23.9 Å². The minimum Gasteiger partial charge on any atom is -0.349 e. The van der Waals surface area contributed by atoms with Crippen molar-refractivity contribution in [2.45, 2.75) is 25.0 Å². The highest BCUT2D eigenvalue weighted by Gasteiger charge is 2.19. The topological polar surface area (TPSA) is 81.3 Å². The fraction of sp³-hybridized carbons (Fsp3) is 0.154. The SMILES string of the molecule is Cc1ccccc1-n1c(=O)c2ccccc2n2c(SCC(=O)NC(C)c3ccc(F)cc3)nnc12. The zero-order valence-electron chi connectivity index (χ0n) is 19.1. The fourth-order valence-corrected chi connectivity index (χ4v) is 4.80. The summed E-state index contributed by atoms with van der Waals surface area (Å²) in [7, 11) is 0. The number of nitrogens with zero attached hydrogens (tertiary/aromatic N) is 4. The highest BCUT2D eigenvalue weighted by Crippen LogP contribution is 2.24. The summed E-state index contributed by atoms with van der Waals surface area (Å²) in [6, 6.07) is 20.7. The van der Waals surface area contributed by atoms with Gasteiger partial charge in [-0.05, 0) is 55.3 Å². The molecule has 2 aromatic heterocycles. The van der Waals surface area contributed by atoms with Crippen molar-refractivity contribution in [2.75, 3.05) is 5.75 Å². The Kier molecular flexibility index (Phi) is 6.08. The molecule has 0 fully saturated rings. The van der Waals surface area contributed by atoms with Gasteiger partial charge in [-0.25, -0.2) is 8.96 Å². The number of amides is 1. The molecule has 1 amide bonds. The molecule has 176 valence electrons. The largest absolute Gasteiger partial charge is 0.349 e. The van der Waals surface area contributed by atoms with E-state index in [2.05, 4.69) is 15.5 Å². The minimum absolute atomic E-state index is 0.101. The van der Waals surface area contributed by atoms with Crippen LogP contribution in [-0.4, -0.2) is 30.8 Å². The number of hydrogen-bond acceptors (Lipinski definition) is 5. The Morgan fingerprint density at radius 2 is 1.74 bits per heavy atom. The Hall–Kier alpha value is -3.98. The van der Waals surface area contributed by atoms with Crippen molar-refractivity contribution in [3.05, 3.63) is 100 Å². The maximum atomic E-state index is 13.4. The first kappa shape index (κ1) is 22.8. The highest BCUT2D eigenvalue weighted by molar-refractivity contribution is 7.99. The van der Waals surface area contributed by atoms with Gasteiger partial charge in [0.25, 0.3) is 5.56 Å². The van der Waals surface area contributed by atoms with Crippen LogP contribution >= 0.6 is 11.8 Å². The number of rotatable bonds is 6. The number of halogens is 1. The second kappa shape index (κ2) is 9.34. The lowest BCUT2D eigenvalue weighted by Crippen LogP contribution is -2.28. The average Bonchev–Trinajstić information content (AvgIpc) is 3.28. The Labute approximate surface area is 204 Å². The van der Waals surface area contributed by atoms with Crippen molar-refractivity contribution in [3.8, 4) is 5.69 Å². The molecule has 0 bridgehead atoms. The third kappa shape index (κ3) is 4.30. The van der Waals surface area contributed by atoms with Gasteiger partial charge in [0, 0.05) is 0 Å². The Morgan fingerprint density at radius 3 is 2.51 bits per heavy atom. The van der Waals surface area contributed by atoms with Gasteiger partial charge < -0.3 is 5.32 Å². The summed E-state index contributed by atoms with van der Waals surface area (Å²) >= 11 is 1.24. The van der Waals surface area contributed by atoms with Gasteiger partial charge in [-0.1, -0.05) is 54.2 Å². The molecular weight excluding hydrogens is 465 g/mol. The summed E-state index contributed by atoms with van der Waals surface area (Å²) in [4.78, 5) is 26.1. The Balaban J connectivity index is 1.49. The van der Waals surface area contributed by atoms with Crippen molar-refractivity contribution < 1.29 is 9.18 Å². The summed E-state index contributed by atoms with van der Waals surface area (Å²) < 4.78 is 16.6. The van der Waals surface area contributed by atoms with E-state index >= 15 is 0 Å². The molecule has 2 heterocycles. The summed E-state index contributed by atoms with van der Waals surface area (Å²) in [5.74, 6) is -0.0342. The van der Waals surface area contributed by atoms with Gasteiger partial charge in [-0.15, -0.1) is 10.2 Å². The van der Waals surface area contributed by atoms with Crippen LogP contribution in [0.2, 0.25) is 0 Å². The van der Waals surface area contributed by atoms with E-state index in [4.69, 9.17) is 0 Å². The van der Waals surface area contributed by atoms with Crippen LogP contribution in [0, 0.1) is 12.7 Å². The maximum Gasteiger partial charge on any atom is 0.267 e. The first-order chi connectivity index (χ1) is 16.9. The number of nitrogens with one attached hydrogen (secondary N) is 1. The summed E-state index contributed by atoms with van der Waals surface area (Å²) in [5, 5.41) is 12.6. The van der Waals surface area contributed by atoms with Crippen molar-refractivity contribution in [1.29, 1.82) is 0 Å². The van der Waals surface area contributed by atoms with Crippen LogP contribution in [0.1, 0.15) is 24.1 Å². The van der Waals surface area contributed by atoms with Crippen molar-refractivity contribution >= 4 is 34.3 Å². The molecule has 1 atom stereocenters. The lowest BCUT2D eigenvalue weighted by Gasteiger charge is -2.14. The van der Waals surface area contributed by atoms with E-state index in [-0.39, 0.29) is 29.1 Å². The first-order valence-electron chi connectivity index (χ1n) is 11.1. The third-order valence-electron chi connectivity index (χ3n) is 5.83. The number of carbonyl (C=O) groups excluding carboxylic acids is 1. The standard InChI is InChI=1S/C26H22FN5O2S/c1-16-7-3-5-9-21(16)31-24(34)20-8-4-6-10-22(20)32-25(31)29-30-26(32)35-15-23(33)28-17(2)18-11-13-19(27)14-12-18/h3-14,17H,15H2,1-2H3,(H,28,33). The lowest BCUT2D eigenvalue weighted by atomic mass is 10.1. The van der Waals surface area contributed by atoms with Crippen LogP contribution in [0.5, 0.6) is 0 Å². The molecule has 35 heavy (non-hydrogen) atoms. The van der Waals surface area contributed by atoms with Gasteiger partial charge in [-0.3, -0.25) is 14.0 Å². The van der Waals surface area contributed by atoms with E-state index < -0.39 is 0 Å². The Bertz CT molecular complexity index is 1610. The van der Waals surface area contributed by atoms with Crippen LogP contribution < -0.4 is 10.9 Å². The lowest BCUT2D eigenvalue weighted by molar-refractivity contribution is -0.119. The molecule has 5 rings (SSSR count). The normalized spacial score (nSPS) is 12.2. The average molecular weight is 488 g/mol. The number of fused-ring (bicyclic) bond motifs is 3. The second-order valence-corrected chi connectivity index (χ2v) is 9.13. The molecule has 0 spiro atoms. The highest BCUT2D eigenvalue weighted by atomic mass is 32.2. The van der Waals surface area contributed by atoms with Crippen LogP contribution in [0.4, 0.5) is 4.39 Å². The van der Waals surface area contributed by atoms with Gasteiger partial charge >= 0.3 is 0 Å². The molecule has 3 aromatic carbocycles. The molecule has 1 N–H and O–H groups in total. The number of carbonyl (C=O) groups is 1. The number of thioether (sulfide) groups is 1. The van der Waals surface area contributed by atoms with Crippen LogP contribution in [0.25, 0.3) is 22.4 Å². The first-order valence-corrected chi connectivity index (χ1v) is 12.0. The number of benzene rings is 3. The smallest absolute Gasteiger partial charge is 0.267 e. The van der Waals surface area contributed by atoms with Gasteiger partial charge in [0.05, 0.1) is 28.4 Å². The predicted molar refractivity (Wildman–Crippen MR) is 135 cm³/mol. The molecule has 9 heteroatoms. The molecule has 0 radical (unpaired) electrons. The predicted octanol–water partition coefficient (Wildman–Crippen LogP) is 4.45. The molecule has 5 aromatic rings. The summed E-state index contributed by atoms with van der Waals surface area (Å²) in [5.41, 5.74) is 2.95. The van der Waals surface area contributed by atoms with Crippen molar-refractivity contribution in [1.82, 2.24) is 24.5 Å². The molecule has 0 saturated carbocycles.